The molecule has 1 rings (SSSR count). The second kappa shape index (κ2) is 3.85. The third-order valence-corrected chi connectivity index (χ3v) is 1.81. The van der Waals surface area contributed by atoms with Gasteiger partial charge in [0.2, 0.25) is 0 Å². The summed E-state index contributed by atoms with van der Waals surface area (Å²) >= 11 is 0. The molecule has 0 amide bonds. The van der Waals surface area contributed by atoms with Gasteiger partial charge in [0.15, 0.2) is 0 Å². The maximum atomic E-state index is 13.0. The van der Waals surface area contributed by atoms with Gasteiger partial charge >= 0.3 is 7.12 Å². The Morgan fingerprint density at radius 2 is 1.69 bits per heavy atom. The largest absolute Gasteiger partial charge is 0.494 e. The van der Waals surface area contributed by atoms with Crippen LogP contribution in [0.1, 0.15) is 12.5 Å². The van der Waals surface area contributed by atoms with E-state index in [1.807, 2.05) is 0 Å². The number of hydrogen-bond donors (Lipinski definition) is 2. The highest BCUT2D eigenvalue weighted by molar-refractivity contribution is 6.58. The smallest absolute Gasteiger partial charge is 0.423 e. The van der Waals surface area contributed by atoms with Crippen molar-refractivity contribution in [3.63, 3.8) is 0 Å². The van der Waals surface area contributed by atoms with E-state index in [4.69, 9.17) is 10.0 Å². The monoisotopic (exact) mass is 186 g/mol. The predicted octanol–water partition coefficient (Wildman–Crippen LogP) is 0.207. The van der Waals surface area contributed by atoms with Gasteiger partial charge in [-0.05, 0) is 24.1 Å². The van der Waals surface area contributed by atoms with Crippen LogP contribution in [0.25, 0.3) is 0 Å². The minimum absolute atomic E-state index is 0.486. The van der Waals surface area contributed by atoms with Crippen molar-refractivity contribution in [1.82, 2.24) is 0 Å². The minimum Gasteiger partial charge on any atom is -0.423 e. The van der Waals surface area contributed by atoms with Crippen molar-refractivity contribution in [3.8, 4) is 0 Å². The van der Waals surface area contributed by atoms with E-state index in [-0.39, 0.29) is 0 Å². The van der Waals surface area contributed by atoms with Crippen molar-refractivity contribution < 1.29 is 18.8 Å². The van der Waals surface area contributed by atoms with Crippen molar-refractivity contribution in [1.29, 1.82) is 0 Å². The first kappa shape index (κ1) is 10.1. The first-order valence-electron chi connectivity index (χ1n) is 3.90. The van der Waals surface area contributed by atoms with Crippen LogP contribution >= 0.6 is 0 Å². The molecule has 0 saturated carbocycles. The van der Waals surface area contributed by atoms with Crippen molar-refractivity contribution in [2.75, 3.05) is 0 Å². The molecule has 2 N–H and O–H groups in total. The van der Waals surface area contributed by atoms with E-state index in [1.54, 1.807) is 6.92 Å². The van der Waals surface area contributed by atoms with Crippen molar-refractivity contribution in [2.45, 2.75) is 13.3 Å². The van der Waals surface area contributed by atoms with Gasteiger partial charge in [-0.15, -0.1) is 0 Å². The standard InChI is InChI=1S/C8H9BF2O2/c1-2-5-3-6(10)8(9(12)13)7(11)4-5/h3-4,12-13H,2H2,1H3. The molecule has 0 unspecified atom stereocenters. The fourth-order valence-corrected chi connectivity index (χ4v) is 1.09. The van der Waals surface area contributed by atoms with Crippen molar-refractivity contribution in [3.05, 3.63) is 29.3 Å². The fourth-order valence-electron chi connectivity index (χ4n) is 1.09. The van der Waals surface area contributed by atoms with Gasteiger partial charge in [0.25, 0.3) is 0 Å². The third kappa shape index (κ3) is 2.05. The number of hydrogen-bond acceptors (Lipinski definition) is 2. The van der Waals surface area contributed by atoms with Crippen LogP contribution < -0.4 is 5.46 Å². The lowest BCUT2D eigenvalue weighted by Gasteiger charge is -2.05. The van der Waals surface area contributed by atoms with E-state index in [2.05, 4.69) is 0 Å². The second-order valence-corrected chi connectivity index (χ2v) is 2.70. The highest BCUT2D eigenvalue weighted by Gasteiger charge is 2.21. The Morgan fingerprint density at radius 3 is 2.00 bits per heavy atom. The molecule has 0 atom stereocenters. The maximum Gasteiger partial charge on any atom is 0.494 e. The Labute approximate surface area is 75.0 Å². The molecule has 2 nitrogen and oxygen atoms in total. The Bertz CT molecular complexity index is 292. The summed E-state index contributed by atoms with van der Waals surface area (Å²) in [6.45, 7) is 1.75. The SMILES string of the molecule is CCc1cc(F)c(B(O)O)c(F)c1. The topological polar surface area (TPSA) is 40.5 Å². The average molecular weight is 186 g/mol. The Hall–Kier alpha value is -0.935. The zero-order valence-electron chi connectivity index (χ0n) is 7.09. The molecule has 0 spiro atoms. The molecular weight excluding hydrogens is 177 g/mol. The number of halogens is 2. The lowest BCUT2D eigenvalue weighted by atomic mass is 9.79. The molecule has 0 heterocycles. The summed E-state index contributed by atoms with van der Waals surface area (Å²) in [6, 6.07) is 2.19. The highest BCUT2D eigenvalue weighted by atomic mass is 19.1. The van der Waals surface area contributed by atoms with E-state index in [0.717, 1.165) is 12.1 Å². The molecule has 5 heteroatoms. The first-order valence-corrected chi connectivity index (χ1v) is 3.90. The molecule has 0 aromatic heterocycles. The van der Waals surface area contributed by atoms with Gasteiger partial charge in [-0.2, -0.15) is 0 Å². The van der Waals surface area contributed by atoms with E-state index in [9.17, 15) is 8.78 Å². The molecule has 0 fully saturated rings. The quantitative estimate of drug-likeness (QED) is 0.648. The highest BCUT2D eigenvalue weighted by Crippen LogP contribution is 2.06. The summed E-state index contributed by atoms with van der Waals surface area (Å²) in [5.74, 6) is -1.85. The van der Waals surface area contributed by atoms with Crippen LogP contribution in [0.3, 0.4) is 0 Å². The second-order valence-electron chi connectivity index (χ2n) is 2.70. The van der Waals surface area contributed by atoms with Crippen LogP contribution in [-0.2, 0) is 6.42 Å². The average Bonchev–Trinajstić information content (AvgIpc) is 2.02. The van der Waals surface area contributed by atoms with Gasteiger partial charge in [0.1, 0.15) is 11.6 Å². The summed E-state index contributed by atoms with van der Waals surface area (Å²) in [4.78, 5) is 0. The number of benzene rings is 1. The molecule has 0 aliphatic heterocycles. The summed E-state index contributed by atoms with van der Waals surface area (Å²) in [5.41, 5.74) is -0.211. The summed E-state index contributed by atoms with van der Waals surface area (Å²) < 4.78 is 26.0. The molecule has 0 aliphatic rings. The number of rotatable bonds is 2. The molecule has 70 valence electrons. The van der Waals surface area contributed by atoms with Gasteiger partial charge in [0, 0.05) is 0 Å². The van der Waals surface area contributed by atoms with Crippen molar-refractivity contribution >= 4 is 12.6 Å². The lowest BCUT2D eigenvalue weighted by molar-refractivity contribution is 0.419. The van der Waals surface area contributed by atoms with E-state index in [1.165, 1.54) is 0 Å². The summed E-state index contributed by atoms with van der Waals surface area (Å²) in [6.07, 6.45) is 0.496. The van der Waals surface area contributed by atoms with Gasteiger partial charge in [-0.1, -0.05) is 6.92 Å². The van der Waals surface area contributed by atoms with E-state index in [0.29, 0.717) is 12.0 Å². The van der Waals surface area contributed by atoms with Crippen LogP contribution in [0.4, 0.5) is 8.78 Å². The van der Waals surface area contributed by atoms with Gasteiger partial charge in [-0.3, -0.25) is 0 Å². The molecule has 1 aromatic rings. The Morgan fingerprint density at radius 1 is 1.23 bits per heavy atom. The van der Waals surface area contributed by atoms with Gasteiger partial charge < -0.3 is 10.0 Å². The zero-order valence-corrected chi connectivity index (χ0v) is 7.09. The van der Waals surface area contributed by atoms with Crippen LogP contribution in [-0.4, -0.2) is 17.2 Å². The summed E-state index contributed by atoms with van der Waals surface area (Å²) in [5, 5.41) is 17.2. The van der Waals surface area contributed by atoms with Crippen LogP contribution in [0.2, 0.25) is 0 Å². The molecule has 13 heavy (non-hydrogen) atoms. The normalized spacial score (nSPS) is 10.2. The Balaban J connectivity index is 3.23. The fraction of sp³-hybridized carbons (Fsp3) is 0.250. The van der Waals surface area contributed by atoms with E-state index < -0.39 is 24.2 Å². The lowest BCUT2D eigenvalue weighted by Crippen LogP contribution is -2.35. The van der Waals surface area contributed by atoms with Crippen molar-refractivity contribution in [2.24, 2.45) is 0 Å². The predicted molar refractivity (Wildman–Crippen MR) is 45.6 cm³/mol. The van der Waals surface area contributed by atoms with Crippen LogP contribution in [0.15, 0.2) is 12.1 Å². The van der Waals surface area contributed by atoms with Gasteiger partial charge in [-0.25, -0.2) is 8.78 Å². The third-order valence-electron chi connectivity index (χ3n) is 1.81. The Kier molecular flexibility index (Phi) is 3.00. The summed E-state index contributed by atoms with van der Waals surface area (Å²) in [7, 11) is -2.11. The zero-order chi connectivity index (χ0) is 10.0. The van der Waals surface area contributed by atoms with Crippen LogP contribution in [0.5, 0.6) is 0 Å². The maximum absolute atomic E-state index is 13.0. The number of aryl methyl sites for hydroxylation is 1. The molecule has 1 aromatic carbocycles. The molecule has 0 saturated heterocycles. The molecule has 0 bridgehead atoms. The van der Waals surface area contributed by atoms with Gasteiger partial charge in [0.05, 0.1) is 5.46 Å². The first-order chi connectivity index (χ1) is 6.06. The molecule has 0 radical (unpaired) electrons. The van der Waals surface area contributed by atoms with Crippen LogP contribution in [0, 0.1) is 11.6 Å². The van der Waals surface area contributed by atoms with E-state index >= 15 is 0 Å². The molecule has 0 aliphatic carbocycles. The minimum atomic E-state index is -2.11. The molecular formula is C8H9BF2O2.